The van der Waals surface area contributed by atoms with E-state index in [4.69, 9.17) is 4.74 Å². The Balaban J connectivity index is 1.52. The van der Waals surface area contributed by atoms with Crippen LogP contribution in [0, 0.1) is 0 Å². The predicted molar refractivity (Wildman–Crippen MR) is 106 cm³/mol. The first-order chi connectivity index (χ1) is 13.2. The van der Waals surface area contributed by atoms with E-state index in [1.165, 1.54) is 16.9 Å². The van der Waals surface area contributed by atoms with Gasteiger partial charge in [0.05, 0.1) is 0 Å². The maximum atomic E-state index is 12.5. The summed E-state index contributed by atoms with van der Waals surface area (Å²) in [6, 6.07) is 18.0. The monoisotopic (exact) mass is 378 g/mol. The van der Waals surface area contributed by atoms with E-state index in [-0.39, 0.29) is 5.91 Å². The van der Waals surface area contributed by atoms with Crippen LogP contribution in [-0.4, -0.2) is 27.8 Å². The van der Waals surface area contributed by atoms with Gasteiger partial charge in [-0.15, -0.1) is 10.2 Å². The summed E-state index contributed by atoms with van der Waals surface area (Å²) in [5.41, 5.74) is 2.91. The number of hydrogen-bond acceptors (Lipinski definition) is 5. The van der Waals surface area contributed by atoms with Crippen LogP contribution in [0.15, 0.2) is 60.8 Å². The molecular weight excluding hydrogens is 360 g/mol. The fourth-order valence-electron chi connectivity index (χ4n) is 2.91. The van der Waals surface area contributed by atoms with E-state index in [1.54, 1.807) is 7.11 Å². The summed E-state index contributed by atoms with van der Waals surface area (Å²) in [5, 5.41) is 12.9. The summed E-state index contributed by atoms with van der Waals surface area (Å²) < 4.78 is 7.19. The van der Waals surface area contributed by atoms with Gasteiger partial charge < -0.3 is 9.30 Å². The lowest BCUT2D eigenvalue weighted by Crippen LogP contribution is -2.11. The zero-order valence-electron chi connectivity index (χ0n) is 14.8. The molecule has 2 heterocycles. The molecule has 0 fully saturated rings. The molecule has 1 N–H and O–H groups in total. The van der Waals surface area contributed by atoms with Gasteiger partial charge in [0, 0.05) is 36.3 Å². The minimum Gasteiger partial charge on any atom is -0.377 e. The van der Waals surface area contributed by atoms with E-state index in [2.05, 4.69) is 32.2 Å². The third-order valence-corrected chi connectivity index (χ3v) is 5.00. The Labute approximate surface area is 160 Å². The van der Waals surface area contributed by atoms with Crippen LogP contribution in [0.5, 0.6) is 0 Å². The number of ether oxygens (including phenoxy) is 1. The molecule has 0 spiro atoms. The Morgan fingerprint density at radius 1 is 1.15 bits per heavy atom. The Morgan fingerprint density at radius 3 is 2.81 bits per heavy atom. The van der Waals surface area contributed by atoms with Gasteiger partial charge in [-0.1, -0.05) is 41.7 Å². The van der Waals surface area contributed by atoms with Crippen molar-refractivity contribution in [2.45, 2.75) is 13.2 Å². The number of rotatable bonds is 6. The fourth-order valence-corrected chi connectivity index (χ4v) is 3.62. The number of amides is 1. The summed E-state index contributed by atoms with van der Waals surface area (Å²) in [7, 11) is 1.60. The third-order valence-electron chi connectivity index (χ3n) is 4.18. The van der Waals surface area contributed by atoms with Crippen molar-refractivity contribution in [2.75, 3.05) is 12.4 Å². The molecule has 2 aromatic carbocycles. The van der Waals surface area contributed by atoms with Crippen molar-refractivity contribution in [3.8, 4) is 0 Å². The second-order valence-electron chi connectivity index (χ2n) is 6.09. The molecule has 0 bridgehead atoms. The highest BCUT2D eigenvalue weighted by molar-refractivity contribution is 7.15. The van der Waals surface area contributed by atoms with Gasteiger partial charge in [-0.25, -0.2) is 0 Å². The van der Waals surface area contributed by atoms with Crippen molar-refractivity contribution in [3.63, 3.8) is 0 Å². The van der Waals surface area contributed by atoms with Gasteiger partial charge in [-0.05, 0) is 29.8 Å². The number of carbonyl (C=O) groups excluding carboxylic acids is 1. The molecule has 136 valence electrons. The molecule has 27 heavy (non-hydrogen) atoms. The van der Waals surface area contributed by atoms with E-state index in [0.29, 0.717) is 17.3 Å². The van der Waals surface area contributed by atoms with Crippen LogP contribution >= 0.6 is 11.3 Å². The zero-order chi connectivity index (χ0) is 18.6. The summed E-state index contributed by atoms with van der Waals surface area (Å²) in [4.78, 5) is 12.5. The van der Waals surface area contributed by atoms with Gasteiger partial charge in [-0.2, -0.15) is 0 Å². The molecule has 6 nitrogen and oxygen atoms in total. The largest absolute Gasteiger partial charge is 0.377 e. The van der Waals surface area contributed by atoms with Crippen LogP contribution in [0.4, 0.5) is 5.13 Å². The molecule has 0 unspecified atom stereocenters. The van der Waals surface area contributed by atoms with E-state index >= 15 is 0 Å². The third kappa shape index (κ3) is 3.89. The quantitative estimate of drug-likeness (QED) is 0.552. The summed E-state index contributed by atoms with van der Waals surface area (Å²) in [6.45, 7) is 1.18. The molecule has 0 aliphatic heterocycles. The molecule has 4 rings (SSSR count). The van der Waals surface area contributed by atoms with Crippen LogP contribution in [0.1, 0.15) is 20.9 Å². The second kappa shape index (κ2) is 7.69. The topological polar surface area (TPSA) is 69.0 Å². The molecular formula is C20H18N4O2S. The van der Waals surface area contributed by atoms with Crippen LogP contribution in [0.25, 0.3) is 10.9 Å². The molecule has 4 aromatic rings. The SMILES string of the molecule is COCc1nnc(NC(=O)c2ccc3c(ccn3Cc3ccccc3)c2)s1. The molecule has 7 heteroatoms. The lowest BCUT2D eigenvalue weighted by atomic mass is 10.1. The van der Waals surface area contributed by atoms with Crippen molar-refractivity contribution < 1.29 is 9.53 Å². The Kier molecular flexibility index (Phi) is 4.95. The smallest absolute Gasteiger partial charge is 0.257 e. The molecule has 2 aromatic heterocycles. The lowest BCUT2D eigenvalue weighted by molar-refractivity contribution is 0.102. The number of anilines is 1. The van der Waals surface area contributed by atoms with Crippen LogP contribution in [0.3, 0.4) is 0 Å². The van der Waals surface area contributed by atoms with Crippen molar-refractivity contribution in [2.24, 2.45) is 0 Å². The fraction of sp³-hybridized carbons (Fsp3) is 0.150. The normalized spacial score (nSPS) is 11.0. The van der Waals surface area contributed by atoms with E-state index in [1.807, 2.05) is 48.7 Å². The van der Waals surface area contributed by atoms with Crippen molar-refractivity contribution in [1.82, 2.24) is 14.8 Å². The summed E-state index contributed by atoms with van der Waals surface area (Å²) in [5.74, 6) is -0.201. The summed E-state index contributed by atoms with van der Waals surface area (Å²) >= 11 is 1.31. The highest BCUT2D eigenvalue weighted by atomic mass is 32.1. The van der Waals surface area contributed by atoms with Crippen LogP contribution in [0.2, 0.25) is 0 Å². The van der Waals surface area contributed by atoms with Gasteiger partial charge in [0.2, 0.25) is 5.13 Å². The number of hydrogen-bond donors (Lipinski definition) is 1. The second-order valence-corrected chi connectivity index (χ2v) is 7.15. The number of aromatic nitrogens is 3. The van der Waals surface area contributed by atoms with Crippen LogP contribution < -0.4 is 5.32 Å². The number of fused-ring (bicyclic) bond motifs is 1. The average molecular weight is 378 g/mol. The number of carbonyl (C=O) groups is 1. The molecule has 0 aliphatic rings. The minimum atomic E-state index is -0.201. The van der Waals surface area contributed by atoms with Crippen molar-refractivity contribution in [3.05, 3.63) is 76.9 Å². The maximum Gasteiger partial charge on any atom is 0.257 e. The maximum absolute atomic E-state index is 12.5. The summed E-state index contributed by atoms with van der Waals surface area (Å²) in [6.07, 6.45) is 2.04. The van der Waals surface area contributed by atoms with Crippen molar-refractivity contribution in [1.29, 1.82) is 0 Å². The van der Waals surface area contributed by atoms with Gasteiger partial charge in [0.15, 0.2) is 0 Å². The van der Waals surface area contributed by atoms with E-state index in [0.717, 1.165) is 22.5 Å². The van der Waals surface area contributed by atoms with Gasteiger partial charge in [0.1, 0.15) is 11.6 Å². The Hall–Kier alpha value is -3.03. The van der Waals surface area contributed by atoms with E-state index in [9.17, 15) is 4.79 Å². The van der Waals surface area contributed by atoms with Gasteiger partial charge in [0.25, 0.3) is 5.91 Å². The van der Waals surface area contributed by atoms with Crippen molar-refractivity contribution >= 4 is 33.3 Å². The first kappa shape index (κ1) is 17.4. The molecule has 0 aliphatic carbocycles. The number of benzene rings is 2. The molecule has 0 saturated carbocycles. The predicted octanol–water partition coefficient (Wildman–Crippen LogP) is 3.94. The average Bonchev–Trinajstić information content (AvgIpc) is 3.29. The van der Waals surface area contributed by atoms with Gasteiger partial charge >= 0.3 is 0 Å². The highest BCUT2D eigenvalue weighted by Crippen LogP contribution is 2.21. The number of nitrogens with one attached hydrogen (secondary N) is 1. The minimum absolute atomic E-state index is 0.201. The van der Waals surface area contributed by atoms with E-state index < -0.39 is 0 Å². The molecule has 0 atom stereocenters. The van der Waals surface area contributed by atoms with Crippen LogP contribution in [-0.2, 0) is 17.9 Å². The standard InChI is InChI=1S/C20H18N4O2S/c1-26-13-18-22-23-20(27-18)21-19(25)16-7-8-17-15(11-16)9-10-24(17)12-14-5-3-2-4-6-14/h2-11H,12-13H2,1H3,(H,21,23,25). The molecule has 0 saturated heterocycles. The Bertz CT molecular complexity index is 1070. The highest BCUT2D eigenvalue weighted by Gasteiger charge is 2.12. The van der Waals surface area contributed by atoms with Gasteiger partial charge in [-0.3, -0.25) is 10.1 Å². The zero-order valence-corrected chi connectivity index (χ0v) is 15.6. The number of methoxy groups -OCH3 is 1. The first-order valence-electron chi connectivity index (χ1n) is 8.48. The molecule has 0 radical (unpaired) electrons. The first-order valence-corrected chi connectivity index (χ1v) is 9.30. The lowest BCUT2D eigenvalue weighted by Gasteiger charge is -2.06. The number of nitrogens with zero attached hydrogens (tertiary/aromatic N) is 3. The molecule has 1 amide bonds. The Morgan fingerprint density at radius 2 is 2.00 bits per heavy atom.